The van der Waals surface area contributed by atoms with Crippen molar-refractivity contribution in [3.05, 3.63) is 42.5 Å². The van der Waals surface area contributed by atoms with Gasteiger partial charge in [0.15, 0.2) is 5.58 Å². The van der Waals surface area contributed by atoms with E-state index in [2.05, 4.69) is 4.98 Å². The molecule has 2 amide bonds. The second-order valence-electron chi connectivity index (χ2n) is 7.22. The minimum Gasteiger partial charge on any atom is -0.497 e. The summed E-state index contributed by atoms with van der Waals surface area (Å²) in [5.74, 6) is 0.133. The summed E-state index contributed by atoms with van der Waals surface area (Å²) in [6.07, 6.45) is 0. The Labute approximate surface area is 164 Å². The number of methoxy groups -OCH3 is 1. The van der Waals surface area contributed by atoms with Gasteiger partial charge in [0.05, 0.1) is 12.8 Å². The SMILES string of the molecule is COc1ccc(-c2nc3cc(N(C(=O)C(C)C)C(=O)C(C)C)ccc3o2)cc1. The Morgan fingerprint density at radius 1 is 0.964 bits per heavy atom. The van der Waals surface area contributed by atoms with Crippen molar-refractivity contribution in [2.24, 2.45) is 11.8 Å². The van der Waals surface area contributed by atoms with E-state index in [0.717, 1.165) is 11.3 Å². The van der Waals surface area contributed by atoms with Crippen LogP contribution in [0.4, 0.5) is 5.69 Å². The van der Waals surface area contributed by atoms with Gasteiger partial charge in [-0.3, -0.25) is 14.5 Å². The predicted octanol–water partition coefficient (Wildman–Crippen LogP) is 4.68. The van der Waals surface area contributed by atoms with Gasteiger partial charge in [-0.2, -0.15) is 0 Å². The number of carbonyl (C=O) groups excluding carboxylic acids is 2. The van der Waals surface area contributed by atoms with Crippen LogP contribution < -0.4 is 9.64 Å². The first kappa shape index (κ1) is 19.6. The number of benzene rings is 2. The molecule has 28 heavy (non-hydrogen) atoms. The molecule has 0 atom stereocenters. The number of rotatable bonds is 5. The highest BCUT2D eigenvalue weighted by Crippen LogP contribution is 2.29. The number of fused-ring (bicyclic) bond motifs is 1. The summed E-state index contributed by atoms with van der Waals surface area (Å²) in [6, 6.07) is 12.6. The van der Waals surface area contributed by atoms with Crippen LogP contribution in [0.25, 0.3) is 22.6 Å². The Morgan fingerprint density at radius 3 is 2.11 bits per heavy atom. The van der Waals surface area contributed by atoms with E-state index >= 15 is 0 Å². The van der Waals surface area contributed by atoms with Gasteiger partial charge in [0.2, 0.25) is 17.7 Å². The summed E-state index contributed by atoms with van der Waals surface area (Å²) in [5, 5.41) is 0. The van der Waals surface area contributed by atoms with Gasteiger partial charge in [0.1, 0.15) is 11.3 Å². The number of nitrogens with zero attached hydrogens (tertiary/aromatic N) is 2. The lowest BCUT2D eigenvalue weighted by molar-refractivity contribution is -0.129. The van der Waals surface area contributed by atoms with Crippen molar-refractivity contribution >= 4 is 28.6 Å². The Balaban J connectivity index is 2.02. The number of hydrogen-bond donors (Lipinski definition) is 0. The molecule has 0 N–H and O–H groups in total. The molecule has 3 rings (SSSR count). The highest BCUT2D eigenvalue weighted by molar-refractivity contribution is 6.16. The van der Waals surface area contributed by atoms with Gasteiger partial charge in [0.25, 0.3) is 0 Å². The molecule has 1 heterocycles. The summed E-state index contributed by atoms with van der Waals surface area (Å²) in [7, 11) is 1.61. The number of hydrogen-bond acceptors (Lipinski definition) is 5. The van der Waals surface area contributed by atoms with Gasteiger partial charge in [-0.25, -0.2) is 4.98 Å². The largest absolute Gasteiger partial charge is 0.497 e. The van der Waals surface area contributed by atoms with Crippen molar-refractivity contribution in [1.82, 2.24) is 4.98 Å². The summed E-state index contributed by atoms with van der Waals surface area (Å²) >= 11 is 0. The lowest BCUT2D eigenvalue weighted by atomic mass is 10.1. The zero-order valence-electron chi connectivity index (χ0n) is 16.7. The van der Waals surface area contributed by atoms with E-state index in [4.69, 9.17) is 9.15 Å². The highest BCUT2D eigenvalue weighted by Gasteiger charge is 2.28. The third-order valence-electron chi connectivity index (χ3n) is 4.39. The molecule has 0 bridgehead atoms. The molecule has 146 valence electrons. The molecule has 0 aliphatic rings. The zero-order chi connectivity index (χ0) is 20.4. The minimum absolute atomic E-state index is 0.239. The van der Waals surface area contributed by atoms with E-state index in [1.165, 1.54) is 4.90 Å². The van der Waals surface area contributed by atoms with Gasteiger partial charge in [-0.05, 0) is 42.5 Å². The van der Waals surface area contributed by atoms with Crippen LogP contribution in [0.2, 0.25) is 0 Å². The second kappa shape index (κ2) is 7.84. The van der Waals surface area contributed by atoms with Gasteiger partial charge in [0, 0.05) is 17.4 Å². The average Bonchev–Trinajstić information content (AvgIpc) is 3.11. The van der Waals surface area contributed by atoms with Gasteiger partial charge in [-0.15, -0.1) is 0 Å². The molecule has 0 aliphatic heterocycles. The normalized spacial score (nSPS) is 11.2. The van der Waals surface area contributed by atoms with E-state index in [1.54, 1.807) is 53.0 Å². The highest BCUT2D eigenvalue weighted by atomic mass is 16.5. The maximum Gasteiger partial charge on any atom is 0.236 e. The van der Waals surface area contributed by atoms with E-state index in [-0.39, 0.29) is 23.7 Å². The lowest BCUT2D eigenvalue weighted by Crippen LogP contribution is -2.42. The van der Waals surface area contributed by atoms with Crippen molar-refractivity contribution in [2.45, 2.75) is 27.7 Å². The topological polar surface area (TPSA) is 72.6 Å². The Hall–Kier alpha value is -3.15. The van der Waals surface area contributed by atoms with Crippen LogP contribution in [0.3, 0.4) is 0 Å². The fourth-order valence-electron chi connectivity index (χ4n) is 2.79. The number of anilines is 1. The van der Waals surface area contributed by atoms with Crippen LogP contribution in [-0.2, 0) is 9.59 Å². The van der Waals surface area contributed by atoms with Gasteiger partial charge in [-0.1, -0.05) is 27.7 Å². The fourth-order valence-corrected chi connectivity index (χ4v) is 2.79. The van der Waals surface area contributed by atoms with Crippen LogP contribution >= 0.6 is 0 Å². The Morgan fingerprint density at radius 2 is 1.57 bits per heavy atom. The molecule has 0 saturated heterocycles. The molecule has 2 aromatic carbocycles. The molecule has 0 fully saturated rings. The molecule has 0 saturated carbocycles. The smallest absolute Gasteiger partial charge is 0.236 e. The van der Waals surface area contributed by atoms with Crippen LogP contribution in [0.1, 0.15) is 27.7 Å². The predicted molar refractivity (Wildman–Crippen MR) is 108 cm³/mol. The third kappa shape index (κ3) is 3.76. The van der Waals surface area contributed by atoms with Crippen LogP contribution in [0.15, 0.2) is 46.9 Å². The maximum atomic E-state index is 12.7. The number of oxazole rings is 1. The van der Waals surface area contributed by atoms with Gasteiger partial charge < -0.3 is 9.15 Å². The number of amides is 2. The maximum absolute atomic E-state index is 12.7. The monoisotopic (exact) mass is 380 g/mol. The number of imide groups is 1. The van der Waals surface area contributed by atoms with Crippen molar-refractivity contribution in [1.29, 1.82) is 0 Å². The molecule has 6 nitrogen and oxygen atoms in total. The summed E-state index contributed by atoms with van der Waals surface area (Å²) in [6.45, 7) is 7.11. The number of aromatic nitrogens is 1. The first-order valence-electron chi connectivity index (χ1n) is 9.24. The van der Waals surface area contributed by atoms with Crippen molar-refractivity contribution in [3.8, 4) is 17.2 Å². The number of ether oxygens (including phenoxy) is 1. The minimum atomic E-state index is -0.300. The number of carbonyl (C=O) groups is 2. The molecule has 3 aromatic rings. The Bertz CT molecular complexity index is 983. The molecule has 0 spiro atoms. The standard InChI is InChI=1S/C22H24N2O4/c1-13(2)21(25)24(22(26)14(3)4)16-8-11-19-18(12-16)23-20(28-19)15-6-9-17(27-5)10-7-15/h6-14H,1-5H3. The van der Waals surface area contributed by atoms with Crippen LogP contribution in [0.5, 0.6) is 5.75 Å². The van der Waals surface area contributed by atoms with Crippen LogP contribution in [0, 0.1) is 11.8 Å². The molecule has 0 unspecified atom stereocenters. The van der Waals surface area contributed by atoms with Gasteiger partial charge >= 0.3 is 0 Å². The first-order chi connectivity index (χ1) is 13.3. The molecule has 6 heteroatoms. The lowest BCUT2D eigenvalue weighted by Gasteiger charge is -2.24. The molecule has 0 aliphatic carbocycles. The van der Waals surface area contributed by atoms with Crippen LogP contribution in [-0.4, -0.2) is 23.9 Å². The first-order valence-corrected chi connectivity index (χ1v) is 9.24. The summed E-state index contributed by atoms with van der Waals surface area (Å²) in [4.78, 5) is 31.1. The van der Waals surface area contributed by atoms with Crippen molar-refractivity contribution < 1.29 is 18.7 Å². The van der Waals surface area contributed by atoms with E-state index in [0.29, 0.717) is 22.7 Å². The molecular weight excluding hydrogens is 356 g/mol. The summed E-state index contributed by atoms with van der Waals surface area (Å²) < 4.78 is 11.0. The molecule has 1 aromatic heterocycles. The van der Waals surface area contributed by atoms with E-state index < -0.39 is 0 Å². The average molecular weight is 380 g/mol. The quantitative estimate of drug-likeness (QED) is 0.643. The third-order valence-corrected chi connectivity index (χ3v) is 4.39. The van der Waals surface area contributed by atoms with E-state index in [1.807, 2.05) is 24.3 Å². The fraction of sp³-hybridized carbons (Fsp3) is 0.318. The summed E-state index contributed by atoms with van der Waals surface area (Å²) in [5.41, 5.74) is 2.48. The van der Waals surface area contributed by atoms with Crippen molar-refractivity contribution in [2.75, 3.05) is 12.0 Å². The van der Waals surface area contributed by atoms with E-state index in [9.17, 15) is 9.59 Å². The zero-order valence-corrected chi connectivity index (χ0v) is 16.7. The molecule has 0 radical (unpaired) electrons. The second-order valence-corrected chi connectivity index (χ2v) is 7.22. The molecular formula is C22H24N2O4. The Kier molecular flexibility index (Phi) is 5.49. The van der Waals surface area contributed by atoms with Crippen molar-refractivity contribution in [3.63, 3.8) is 0 Å².